The molecule has 5 heteroatoms. The van der Waals surface area contributed by atoms with E-state index in [1.54, 1.807) is 0 Å². The summed E-state index contributed by atoms with van der Waals surface area (Å²) in [5.41, 5.74) is 4.96. The summed E-state index contributed by atoms with van der Waals surface area (Å²) in [5.74, 6) is 1.90. The van der Waals surface area contributed by atoms with Crippen LogP contribution in [0.15, 0.2) is 67.1 Å². The molecule has 0 radical (unpaired) electrons. The highest BCUT2D eigenvalue weighted by atomic mass is 15.2. The van der Waals surface area contributed by atoms with Crippen LogP contribution in [0.5, 0.6) is 0 Å². The first-order chi connectivity index (χ1) is 13.2. The average molecular weight is 351 g/mol. The molecule has 4 heterocycles. The van der Waals surface area contributed by atoms with Crippen molar-refractivity contribution in [3.05, 3.63) is 72.8 Å². The third kappa shape index (κ3) is 1.76. The Balaban J connectivity index is 1.86. The van der Waals surface area contributed by atoms with Gasteiger partial charge in [0.25, 0.3) is 0 Å². The molecule has 2 aromatic carbocycles. The zero-order chi connectivity index (χ0) is 18.2. The number of rotatable bonds is 1. The number of aromatic nitrogens is 5. The Bertz CT molecular complexity index is 1340. The van der Waals surface area contributed by atoms with Gasteiger partial charge in [-0.1, -0.05) is 42.5 Å². The van der Waals surface area contributed by atoms with Gasteiger partial charge in [-0.2, -0.15) is 0 Å². The van der Waals surface area contributed by atoms with E-state index in [4.69, 9.17) is 9.97 Å². The predicted molar refractivity (Wildman–Crippen MR) is 106 cm³/mol. The first-order valence-corrected chi connectivity index (χ1v) is 9.06. The minimum atomic E-state index is -0.288. The van der Waals surface area contributed by atoms with Gasteiger partial charge in [-0.25, -0.2) is 15.0 Å². The van der Waals surface area contributed by atoms with Gasteiger partial charge in [0.15, 0.2) is 5.65 Å². The number of fused-ring (bicyclic) bond motifs is 4. The molecule has 0 amide bonds. The fourth-order valence-electron chi connectivity index (χ4n) is 4.38. The lowest BCUT2D eigenvalue weighted by molar-refractivity contribution is 0.423. The normalized spacial score (nSPS) is 14.6. The lowest BCUT2D eigenvalue weighted by Crippen LogP contribution is -2.33. The predicted octanol–water partition coefficient (Wildman–Crippen LogP) is 4.51. The Morgan fingerprint density at radius 3 is 2.59 bits per heavy atom. The second-order valence-electron chi connectivity index (χ2n) is 7.48. The third-order valence-electron chi connectivity index (χ3n) is 5.58. The number of imidazole rings is 2. The number of hydrogen-bond acceptors (Lipinski definition) is 3. The average Bonchev–Trinajstić information content (AvgIpc) is 3.33. The van der Waals surface area contributed by atoms with Crippen LogP contribution in [0.3, 0.4) is 0 Å². The van der Waals surface area contributed by atoms with Gasteiger partial charge in [-0.3, -0.25) is 4.40 Å². The number of nitrogens with zero attached hydrogens (tertiary/aromatic N) is 5. The Morgan fingerprint density at radius 2 is 1.74 bits per heavy atom. The second kappa shape index (κ2) is 4.82. The van der Waals surface area contributed by atoms with Gasteiger partial charge in [0.05, 0.1) is 22.9 Å². The maximum Gasteiger partial charge on any atom is 0.157 e. The third-order valence-corrected chi connectivity index (χ3v) is 5.58. The smallest absolute Gasteiger partial charge is 0.157 e. The zero-order valence-corrected chi connectivity index (χ0v) is 15.1. The Hall–Kier alpha value is -3.47. The quantitative estimate of drug-likeness (QED) is 0.446. The molecule has 0 aliphatic carbocycles. The van der Waals surface area contributed by atoms with E-state index in [0.29, 0.717) is 0 Å². The van der Waals surface area contributed by atoms with E-state index in [0.717, 1.165) is 39.3 Å². The van der Waals surface area contributed by atoms with Crippen LogP contribution >= 0.6 is 0 Å². The molecular formula is C22H17N5. The van der Waals surface area contributed by atoms with Crippen LogP contribution in [0.1, 0.15) is 19.5 Å². The fraction of sp³-hybridized carbons (Fsp3) is 0.136. The molecule has 0 fully saturated rings. The molecular weight excluding hydrogens is 334 g/mol. The molecule has 130 valence electrons. The molecule has 0 saturated carbocycles. The molecule has 0 N–H and O–H groups in total. The second-order valence-corrected chi connectivity index (χ2v) is 7.48. The number of benzene rings is 2. The maximum atomic E-state index is 4.91. The van der Waals surface area contributed by atoms with E-state index in [1.807, 2.05) is 30.6 Å². The van der Waals surface area contributed by atoms with E-state index in [2.05, 4.69) is 64.3 Å². The highest BCUT2D eigenvalue weighted by molar-refractivity contribution is 5.98. The van der Waals surface area contributed by atoms with E-state index < -0.39 is 0 Å². The standard InChI is InChI=1S/C22H17N5/c1-22(2)19-18-15(21-23-11-12-26(21)22)9-6-10-16(18)25-17-13-24-20(27(17)19)14-7-4-3-5-8-14/h3-13H,1-2H3. The first kappa shape index (κ1) is 14.7. The number of hydrogen-bond donors (Lipinski definition) is 0. The van der Waals surface area contributed by atoms with Crippen molar-refractivity contribution in [1.82, 2.24) is 23.9 Å². The van der Waals surface area contributed by atoms with Crippen molar-refractivity contribution in [3.8, 4) is 22.8 Å². The van der Waals surface area contributed by atoms with Crippen molar-refractivity contribution in [2.24, 2.45) is 0 Å². The van der Waals surface area contributed by atoms with Crippen molar-refractivity contribution in [3.63, 3.8) is 0 Å². The van der Waals surface area contributed by atoms with Crippen LogP contribution < -0.4 is 0 Å². The van der Waals surface area contributed by atoms with Crippen LogP contribution in [0.4, 0.5) is 0 Å². The summed E-state index contributed by atoms with van der Waals surface area (Å²) in [6.45, 7) is 4.47. The Morgan fingerprint density at radius 1 is 0.889 bits per heavy atom. The van der Waals surface area contributed by atoms with E-state index in [1.165, 1.54) is 5.69 Å². The van der Waals surface area contributed by atoms with Gasteiger partial charge < -0.3 is 4.57 Å². The summed E-state index contributed by atoms with van der Waals surface area (Å²) in [6, 6.07) is 16.6. The van der Waals surface area contributed by atoms with Crippen molar-refractivity contribution in [2.45, 2.75) is 19.4 Å². The summed E-state index contributed by atoms with van der Waals surface area (Å²) in [4.78, 5) is 14.3. The highest BCUT2D eigenvalue weighted by Crippen LogP contribution is 2.44. The zero-order valence-electron chi connectivity index (χ0n) is 15.1. The van der Waals surface area contributed by atoms with E-state index in [9.17, 15) is 0 Å². The van der Waals surface area contributed by atoms with Crippen LogP contribution in [-0.2, 0) is 5.54 Å². The van der Waals surface area contributed by atoms with Gasteiger partial charge in [0.1, 0.15) is 11.6 Å². The molecule has 27 heavy (non-hydrogen) atoms. The molecule has 0 bridgehead atoms. The van der Waals surface area contributed by atoms with Crippen molar-refractivity contribution < 1.29 is 0 Å². The van der Waals surface area contributed by atoms with Crippen LogP contribution in [-0.4, -0.2) is 23.9 Å². The minimum absolute atomic E-state index is 0.288. The molecule has 1 aliphatic heterocycles. The summed E-state index contributed by atoms with van der Waals surface area (Å²) in [7, 11) is 0. The molecule has 5 nitrogen and oxygen atoms in total. The highest BCUT2D eigenvalue weighted by Gasteiger charge is 2.36. The van der Waals surface area contributed by atoms with Crippen LogP contribution in [0.25, 0.3) is 39.3 Å². The van der Waals surface area contributed by atoms with Gasteiger partial charge >= 0.3 is 0 Å². The summed E-state index contributed by atoms with van der Waals surface area (Å²) < 4.78 is 4.46. The molecule has 5 aromatic rings. The molecule has 0 atom stereocenters. The Labute approximate surface area is 156 Å². The van der Waals surface area contributed by atoms with Gasteiger partial charge in [0.2, 0.25) is 0 Å². The van der Waals surface area contributed by atoms with Crippen LogP contribution in [0, 0.1) is 0 Å². The van der Waals surface area contributed by atoms with Crippen molar-refractivity contribution >= 4 is 16.6 Å². The van der Waals surface area contributed by atoms with Gasteiger partial charge in [-0.15, -0.1) is 0 Å². The summed E-state index contributed by atoms with van der Waals surface area (Å²) >= 11 is 0. The molecule has 3 aromatic heterocycles. The molecule has 0 saturated heterocycles. The monoisotopic (exact) mass is 351 g/mol. The lowest BCUT2D eigenvalue weighted by atomic mass is 9.89. The molecule has 0 unspecified atom stereocenters. The van der Waals surface area contributed by atoms with Crippen molar-refractivity contribution in [2.75, 3.05) is 0 Å². The SMILES string of the molecule is CC1(C)c2c3c(cccc3nc3cnc(-c4ccccc4)n23)-c2nccn21. The summed E-state index contributed by atoms with van der Waals surface area (Å²) in [6.07, 6.45) is 5.80. The molecule has 6 rings (SSSR count). The topological polar surface area (TPSA) is 48.0 Å². The van der Waals surface area contributed by atoms with Crippen LogP contribution in [0.2, 0.25) is 0 Å². The molecule has 1 aliphatic rings. The fourth-order valence-corrected chi connectivity index (χ4v) is 4.38. The van der Waals surface area contributed by atoms with Gasteiger partial charge in [0, 0.05) is 28.9 Å². The molecule has 0 spiro atoms. The minimum Gasteiger partial charge on any atom is -0.320 e. The van der Waals surface area contributed by atoms with Crippen molar-refractivity contribution in [1.29, 1.82) is 0 Å². The van der Waals surface area contributed by atoms with Gasteiger partial charge in [-0.05, 0) is 19.9 Å². The Kier molecular flexibility index (Phi) is 2.62. The van der Waals surface area contributed by atoms with E-state index in [-0.39, 0.29) is 5.54 Å². The van der Waals surface area contributed by atoms with E-state index >= 15 is 0 Å². The lowest BCUT2D eigenvalue weighted by Gasteiger charge is -2.35. The largest absolute Gasteiger partial charge is 0.320 e. The summed E-state index contributed by atoms with van der Waals surface area (Å²) in [5, 5.41) is 1.16. The maximum absolute atomic E-state index is 4.91. The first-order valence-electron chi connectivity index (χ1n) is 9.06.